The smallest absolute Gasteiger partial charge is 0.345 e. The first-order valence-electron chi connectivity index (χ1n) is 9.70. The van der Waals surface area contributed by atoms with E-state index in [1.165, 1.54) is 48.7 Å². The van der Waals surface area contributed by atoms with Crippen molar-refractivity contribution in [2.75, 3.05) is 0 Å². The number of esters is 1. The van der Waals surface area contributed by atoms with Crippen molar-refractivity contribution in [2.24, 2.45) is 5.10 Å². The van der Waals surface area contributed by atoms with Crippen LogP contribution in [-0.2, 0) is 0 Å². The molecule has 0 radical (unpaired) electrons. The molecule has 0 saturated carbocycles. The number of amides is 1. The van der Waals surface area contributed by atoms with Crippen LogP contribution in [0.15, 0.2) is 84.0 Å². The summed E-state index contributed by atoms with van der Waals surface area (Å²) in [5, 5.41) is 6.20. The molecule has 1 amide bonds. The van der Waals surface area contributed by atoms with E-state index in [0.717, 1.165) is 10.8 Å². The van der Waals surface area contributed by atoms with Crippen LogP contribution in [0.25, 0.3) is 10.8 Å². The normalized spacial score (nSPS) is 11.0. The molecule has 5 nitrogen and oxygen atoms in total. The van der Waals surface area contributed by atoms with Gasteiger partial charge in [0.15, 0.2) is 0 Å². The fourth-order valence-electron chi connectivity index (χ4n) is 3.13. The number of rotatable bonds is 5. The lowest BCUT2D eigenvalue weighted by Gasteiger charge is -2.11. The summed E-state index contributed by atoms with van der Waals surface area (Å²) in [6.07, 6.45) is 1.38. The van der Waals surface area contributed by atoms with Crippen molar-refractivity contribution in [1.82, 2.24) is 5.43 Å². The molecule has 0 aromatic heterocycles. The zero-order valence-electron chi connectivity index (χ0n) is 16.9. The predicted octanol–water partition coefficient (Wildman–Crippen LogP) is 6.27. The Labute approximate surface area is 198 Å². The molecule has 0 aliphatic rings. The van der Waals surface area contributed by atoms with Gasteiger partial charge in [-0.3, -0.25) is 4.79 Å². The van der Waals surface area contributed by atoms with Crippen LogP contribution in [0.1, 0.15) is 26.3 Å². The summed E-state index contributed by atoms with van der Waals surface area (Å²) in [5.74, 6) is -1.41. The van der Waals surface area contributed by atoms with Crippen molar-refractivity contribution in [2.45, 2.75) is 0 Å². The van der Waals surface area contributed by atoms with Crippen molar-refractivity contribution in [1.29, 1.82) is 0 Å². The molecular formula is C25H15Cl2FN2O3. The maximum atomic E-state index is 13.1. The van der Waals surface area contributed by atoms with E-state index in [1.807, 2.05) is 24.3 Å². The summed E-state index contributed by atoms with van der Waals surface area (Å²) in [7, 11) is 0. The molecule has 0 atom stereocenters. The topological polar surface area (TPSA) is 67.8 Å². The summed E-state index contributed by atoms with van der Waals surface area (Å²) in [5.41, 5.74) is 3.27. The minimum atomic E-state index is -0.669. The molecule has 0 fully saturated rings. The first-order valence-corrected chi connectivity index (χ1v) is 10.5. The summed E-state index contributed by atoms with van der Waals surface area (Å²) in [4.78, 5) is 25.0. The van der Waals surface area contributed by atoms with Crippen LogP contribution in [-0.4, -0.2) is 18.1 Å². The monoisotopic (exact) mass is 480 g/mol. The molecule has 1 N–H and O–H groups in total. The summed E-state index contributed by atoms with van der Waals surface area (Å²) in [6.45, 7) is 0. The number of ether oxygens (including phenoxy) is 1. The zero-order valence-corrected chi connectivity index (χ0v) is 18.4. The zero-order chi connectivity index (χ0) is 23.4. The number of carbonyl (C=O) groups excluding carboxylic acids is 2. The lowest BCUT2D eigenvalue weighted by Crippen LogP contribution is -2.17. The second-order valence-corrected chi connectivity index (χ2v) is 7.76. The standard InChI is InChI=1S/C25H15Cl2FN2O3/c26-17-8-11-20(22(27)13-17)25(32)33-23-12-7-15-3-1-2-4-19(15)21(23)14-29-30-24(31)16-5-9-18(28)10-6-16/h1-14H,(H,30,31)/b29-14+. The van der Waals surface area contributed by atoms with Crippen molar-refractivity contribution < 1.29 is 18.7 Å². The van der Waals surface area contributed by atoms with Crippen LogP contribution >= 0.6 is 23.2 Å². The molecular weight excluding hydrogens is 466 g/mol. The van der Waals surface area contributed by atoms with Crippen molar-refractivity contribution in [3.05, 3.63) is 111 Å². The van der Waals surface area contributed by atoms with Crippen LogP contribution in [0.2, 0.25) is 10.0 Å². The van der Waals surface area contributed by atoms with E-state index >= 15 is 0 Å². The molecule has 0 spiro atoms. The van der Waals surface area contributed by atoms with Gasteiger partial charge in [-0.25, -0.2) is 14.6 Å². The number of benzene rings is 4. The van der Waals surface area contributed by atoms with Crippen LogP contribution < -0.4 is 10.2 Å². The van der Waals surface area contributed by atoms with Gasteiger partial charge in [0.05, 0.1) is 16.8 Å². The first-order chi connectivity index (χ1) is 15.9. The van der Waals surface area contributed by atoms with E-state index in [0.29, 0.717) is 10.6 Å². The quantitative estimate of drug-likeness (QED) is 0.158. The maximum absolute atomic E-state index is 13.1. The highest BCUT2D eigenvalue weighted by Crippen LogP contribution is 2.29. The molecule has 4 aromatic rings. The van der Waals surface area contributed by atoms with Crippen LogP contribution in [0.5, 0.6) is 5.75 Å². The molecule has 0 unspecified atom stereocenters. The van der Waals surface area contributed by atoms with E-state index in [2.05, 4.69) is 10.5 Å². The van der Waals surface area contributed by atoms with Gasteiger partial charge >= 0.3 is 5.97 Å². The highest BCUT2D eigenvalue weighted by molar-refractivity contribution is 6.36. The Balaban J connectivity index is 1.63. The van der Waals surface area contributed by atoms with Gasteiger partial charge in [-0.05, 0) is 59.3 Å². The number of hydrogen-bond donors (Lipinski definition) is 1. The Kier molecular flexibility index (Phi) is 6.68. The number of fused-ring (bicyclic) bond motifs is 1. The largest absolute Gasteiger partial charge is 0.422 e. The lowest BCUT2D eigenvalue weighted by atomic mass is 10.0. The molecule has 0 heterocycles. The van der Waals surface area contributed by atoms with Gasteiger partial charge in [0.2, 0.25) is 0 Å². The van der Waals surface area contributed by atoms with E-state index in [1.54, 1.807) is 12.1 Å². The number of hydrazone groups is 1. The molecule has 4 aromatic carbocycles. The minimum absolute atomic E-state index is 0.154. The minimum Gasteiger partial charge on any atom is -0.422 e. The van der Waals surface area contributed by atoms with Gasteiger partial charge < -0.3 is 4.74 Å². The SMILES string of the molecule is O=C(N/N=C/c1c(OC(=O)c2ccc(Cl)cc2Cl)ccc2ccccc12)c1ccc(F)cc1. The third kappa shape index (κ3) is 5.19. The highest BCUT2D eigenvalue weighted by atomic mass is 35.5. The first kappa shape index (κ1) is 22.5. The number of nitrogens with one attached hydrogen (secondary N) is 1. The second kappa shape index (κ2) is 9.81. The Morgan fingerprint density at radius 3 is 2.45 bits per heavy atom. The molecule has 33 heavy (non-hydrogen) atoms. The van der Waals surface area contributed by atoms with Crippen LogP contribution in [0.3, 0.4) is 0 Å². The lowest BCUT2D eigenvalue weighted by molar-refractivity contribution is 0.0734. The van der Waals surface area contributed by atoms with E-state index in [-0.39, 0.29) is 21.9 Å². The average molecular weight is 481 g/mol. The van der Waals surface area contributed by atoms with Gasteiger partial charge in [-0.15, -0.1) is 0 Å². The Morgan fingerprint density at radius 2 is 1.70 bits per heavy atom. The molecule has 0 aliphatic heterocycles. The average Bonchev–Trinajstić information content (AvgIpc) is 2.80. The number of carbonyl (C=O) groups is 2. The van der Waals surface area contributed by atoms with Gasteiger partial charge in [0, 0.05) is 16.1 Å². The molecule has 164 valence electrons. The van der Waals surface area contributed by atoms with Crippen molar-refractivity contribution in [3.8, 4) is 5.75 Å². The third-order valence-electron chi connectivity index (χ3n) is 4.75. The Morgan fingerprint density at radius 1 is 0.939 bits per heavy atom. The van der Waals surface area contributed by atoms with Crippen LogP contribution in [0, 0.1) is 5.82 Å². The molecule has 0 aliphatic carbocycles. The number of halogens is 3. The molecule has 0 bridgehead atoms. The maximum Gasteiger partial charge on any atom is 0.345 e. The van der Waals surface area contributed by atoms with Gasteiger partial charge in [0.25, 0.3) is 5.91 Å². The third-order valence-corrected chi connectivity index (χ3v) is 5.30. The highest BCUT2D eigenvalue weighted by Gasteiger charge is 2.16. The fraction of sp³-hybridized carbons (Fsp3) is 0. The van der Waals surface area contributed by atoms with Crippen molar-refractivity contribution in [3.63, 3.8) is 0 Å². The van der Waals surface area contributed by atoms with Crippen molar-refractivity contribution >= 4 is 52.1 Å². The van der Waals surface area contributed by atoms with E-state index < -0.39 is 17.7 Å². The summed E-state index contributed by atoms with van der Waals surface area (Å²) >= 11 is 12.0. The molecule has 0 saturated heterocycles. The van der Waals surface area contributed by atoms with Crippen LogP contribution in [0.4, 0.5) is 4.39 Å². The Hall–Kier alpha value is -3.74. The van der Waals surface area contributed by atoms with E-state index in [4.69, 9.17) is 27.9 Å². The summed E-state index contributed by atoms with van der Waals surface area (Å²) < 4.78 is 18.7. The number of hydrogen-bond acceptors (Lipinski definition) is 4. The van der Waals surface area contributed by atoms with Gasteiger partial charge in [0.1, 0.15) is 11.6 Å². The fourth-order valence-corrected chi connectivity index (χ4v) is 3.61. The van der Waals surface area contributed by atoms with E-state index in [9.17, 15) is 14.0 Å². The second-order valence-electron chi connectivity index (χ2n) is 6.92. The number of nitrogens with zero attached hydrogens (tertiary/aromatic N) is 1. The Bertz CT molecular complexity index is 1390. The molecule has 4 rings (SSSR count). The van der Waals surface area contributed by atoms with Gasteiger partial charge in [-0.2, -0.15) is 5.10 Å². The predicted molar refractivity (Wildman–Crippen MR) is 127 cm³/mol. The van der Waals surface area contributed by atoms with Gasteiger partial charge in [-0.1, -0.05) is 53.5 Å². The summed E-state index contributed by atoms with van der Waals surface area (Å²) in [6, 6.07) is 20.4. The molecule has 8 heteroatoms.